The van der Waals surface area contributed by atoms with Crippen LogP contribution in [0.15, 0.2) is 18.3 Å². The first-order valence-electron chi connectivity index (χ1n) is 6.97. The molecule has 1 aliphatic heterocycles. The zero-order chi connectivity index (χ0) is 11.9. The van der Waals surface area contributed by atoms with Gasteiger partial charge in [0.2, 0.25) is 0 Å². The topological polar surface area (TPSA) is 42.7 Å². The van der Waals surface area contributed by atoms with E-state index in [-0.39, 0.29) is 0 Å². The van der Waals surface area contributed by atoms with Gasteiger partial charge in [0.25, 0.3) is 0 Å². The van der Waals surface area contributed by atoms with Gasteiger partial charge in [0.1, 0.15) is 11.3 Å². The minimum atomic E-state index is 0.563. The summed E-state index contributed by atoms with van der Waals surface area (Å²) in [4.78, 5) is 9.40. The van der Waals surface area contributed by atoms with E-state index in [0.717, 1.165) is 24.3 Å². The predicted octanol–water partition coefficient (Wildman–Crippen LogP) is 2.23. The third-order valence-corrected chi connectivity index (χ3v) is 4.05. The Morgan fingerprint density at radius 2 is 2.22 bits per heavy atom. The molecule has 4 nitrogen and oxygen atoms in total. The van der Waals surface area contributed by atoms with E-state index in [9.17, 15) is 0 Å². The molecule has 1 N–H and O–H groups in total. The van der Waals surface area contributed by atoms with Crippen LogP contribution in [0, 0.1) is 0 Å². The maximum absolute atomic E-state index is 4.86. The number of rotatable bonds is 2. The molecular formula is C14H18N4. The highest BCUT2D eigenvalue weighted by Gasteiger charge is 2.31. The van der Waals surface area contributed by atoms with Crippen molar-refractivity contribution < 1.29 is 0 Å². The van der Waals surface area contributed by atoms with Gasteiger partial charge in [-0.25, -0.2) is 9.97 Å². The normalized spacial score (nSPS) is 24.6. The smallest absolute Gasteiger partial charge is 0.160 e. The molecule has 2 fully saturated rings. The van der Waals surface area contributed by atoms with E-state index in [2.05, 4.69) is 20.9 Å². The molecule has 94 valence electrons. The molecule has 2 aliphatic rings. The van der Waals surface area contributed by atoms with Crippen molar-refractivity contribution >= 4 is 11.2 Å². The van der Waals surface area contributed by atoms with E-state index in [1.165, 1.54) is 31.5 Å². The molecule has 1 atom stereocenters. The maximum Gasteiger partial charge on any atom is 0.160 e. The number of imidazole rings is 1. The molecule has 1 saturated heterocycles. The molecule has 0 bridgehead atoms. The van der Waals surface area contributed by atoms with Crippen molar-refractivity contribution in [2.75, 3.05) is 13.1 Å². The molecule has 0 aromatic carbocycles. The van der Waals surface area contributed by atoms with Gasteiger partial charge >= 0.3 is 0 Å². The van der Waals surface area contributed by atoms with Gasteiger partial charge in [-0.15, -0.1) is 0 Å². The minimum Gasteiger partial charge on any atom is -0.316 e. The van der Waals surface area contributed by atoms with Gasteiger partial charge in [0, 0.05) is 24.7 Å². The molecule has 4 rings (SSSR count). The number of nitrogens with one attached hydrogen (secondary N) is 1. The Hall–Kier alpha value is -1.42. The van der Waals surface area contributed by atoms with Gasteiger partial charge in [-0.1, -0.05) is 0 Å². The Morgan fingerprint density at radius 3 is 3.00 bits per heavy atom. The Morgan fingerprint density at radius 1 is 1.28 bits per heavy atom. The molecule has 0 radical (unpaired) electrons. The van der Waals surface area contributed by atoms with Crippen molar-refractivity contribution in [3.63, 3.8) is 0 Å². The summed E-state index contributed by atoms with van der Waals surface area (Å²) in [6, 6.07) is 4.72. The SMILES string of the molecule is c1cnc2c(c1)nc(C1CCCNC1)n2C1CC1. The molecule has 18 heavy (non-hydrogen) atoms. The highest BCUT2D eigenvalue weighted by Crippen LogP contribution is 2.40. The summed E-state index contributed by atoms with van der Waals surface area (Å²) in [6.07, 6.45) is 6.96. The summed E-state index contributed by atoms with van der Waals surface area (Å²) in [6.45, 7) is 2.22. The van der Waals surface area contributed by atoms with E-state index in [4.69, 9.17) is 4.98 Å². The predicted molar refractivity (Wildman–Crippen MR) is 70.6 cm³/mol. The lowest BCUT2D eigenvalue weighted by Gasteiger charge is -2.23. The number of hydrogen-bond acceptors (Lipinski definition) is 3. The summed E-state index contributed by atoms with van der Waals surface area (Å²) in [5.74, 6) is 1.83. The van der Waals surface area contributed by atoms with Crippen LogP contribution >= 0.6 is 0 Å². The summed E-state index contributed by atoms with van der Waals surface area (Å²) in [7, 11) is 0. The largest absolute Gasteiger partial charge is 0.316 e. The third kappa shape index (κ3) is 1.63. The zero-order valence-corrected chi connectivity index (χ0v) is 10.5. The molecule has 1 saturated carbocycles. The highest BCUT2D eigenvalue weighted by atomic mass is 15.2. The van der Waals surface area contributed by atoms with Gasteiger partial charge in [0.05, 0.1) is 0 Å². The van der Waals surface area contributed by atoms with Crippen molar-refractivity contribution in [3.05, 3.63) is 24.2 Å². The Kier molecular flexibility index (Phi) is 2.36. The second-order valence-corrected chi connectivity index (χ2v) is 5.46. The van der Waals surface area contributed by atoms with Gasteiger partial charge in [-0.2, -0.15) is 0 Å². The second-order valence-electron chi connectivity index (χ2n) is 5.46. The Labute approximate surface area is 106 Å². The van der Waals surface area contributed by atoms with Crippen LogP contribution in [0.4, 0.5) is 0 Å². The van der Waals surface area contributed by atoms with Crippen molar-refractivity contribution in [2.45, 2.75) is 37.6 Å². The van der Waals surface area contributed by atoms with E-state index in [1.807, 2.05) is 12.3 Å². The first kappa shape index (κ1) is 10.5. The molecule has 3 heterocycles. The van der Waals surface area contributed by atoms with Crippen LogP contribution in [-0.4, -0.2) is 27.6 Å². The van der Waals surface area contributed by atoms with Gasteiger partial charge in [0.15, 0.2) is 5.65 Å². The van der Waals surface area contributed by atoms with Crippen LogP contribution in [0.3, 0.4) is 0 Å². The summed E-state index contributed by atoms with van der Waals surface area (Å²) in [5, 5.41) is 3.49. The van der Waals surface area contributed by atoms with Gasteiger partial charge in [-0.05, 0) is 44.4 Å². The fourth-order valence-corrected chi connectivity index (χ4v) is 3.00. The van der Waals surface area contributed by atoms with Crippen molar-refractivity contribution in [3.8, 4) is 0 Å². The van der Waals surface area contributed by atoms with E-state index in [0.29, 0.717) is 12.0 Å². The molecule has 0 amide bonds. The average Bonchev–Trinajstić information content (AvgIpc) is 3.19. The minimum absolute atomic E-state index is 0.563. The van der Waals surface area contributed by atoms with Gasteiger partial charge < -0.3 is 9.88 Å². The molecule has 2 aromatic heterocycles. The van der Waals surface area contributed by atoms with Crippen LogP contribution in [0.25, 0.3) is 11.2 Å². The first-order valence-corrected chi connectivity index (χ1v) is 6.97. The van der Waals surface area contributed by atoms with Crippen LogP contribution in [0.5, 0.6) is 0 Å². The molecule has 2 aromatic rings. The molecule has 0 spiro atoms. The maximum atomic E-state index is 4.86. The molecular weight excluding hydrogens is 224 g/mol. The number of pyridine rings is 1. The quantitative estimate of drug-likeness (QED) is 0.878. The summed E-state index contributed by atoms with van der Waals surface area (Å²) in [5.41, 5.74) is 2.14. The van der Waals surface area contributed by atoms with Crippen LogP contribution < -0.4 is 5.32 Å². The molecule has 4 heteroatoms. The van der Waals surface area contributed by atoms with Crippen molar-refractivity contribution in [2.24, 2.45) is 0 Å². The first-order chi connectivity index (χ1) is 8.93. The number of nitrogens with zero attached hydrogens (tertiary/aromatic N) is 3. The van der Waals surface area contributed by atoms with E-state index >= 15 is 0 Å². The lowest BCUT2D eigenvalue weighted by molar-refractivity contribution is 0.434. The summed E-state index contributed by atoms with van der Waals surface area (Å²) >= 11 is 0. The monoisotopic (exact) mass is 242 g/mol. The average molecular weight is 242 g/mol. The summed E-state index contributed by atoms with van der Waals surface area (Å²) < 4.78 is 2.41. The standard InChI is InChI=1S/C14H18N4/c1-3-10(9-15-7-1)13-17-12-4-2-8-16-14(12)18(13)11-5-6-11/h2,4,8,10-11,15H,1,3,5-7,9H2. The number of fused-ring (bicyclic) bond motifs is 1. The number of piperidine rings is 1. The van der Waals surface area contributed by atoms with Crippen LogP contribution in [-0.2, 0) is 0 Å². The zero-order valence-electron chi connectivity index (χ0n) is 10.5. The lowest BCUT2D eigenvalue weighted by atomic mass is 9.99. The Balaban J connectivity index is 1.84. The lowest BCUT2D eigenvalue weighted by Crippen LogP contribution is -2.30. The fraction of sp³-hybridized carbons (Fsp3) is 0.571. The van der Waals surface area contributed by atoms with Crippen LogP contribution in [0.1, 0.15) is 43.5 Å². The van der Waals surface area contributed by atoms with E-state index in [1.54, 1.807) is 0 Å². The van der Waals surface area contributed by atoms with Crippen LogP contribution in [0.2, 0.25) is 0 Å². The fourth-order valence-electron chi connectivity index (χ4n) is 3.00. The van der Waals surface area contributed by atoms with Gasteiger partial charge in [-0.3, -0.25) is 0 Å². The number of aromatic nitrogens is 3. The number of hydrogen-bond donors (Lipinski definition) is 1. The van der Waals surface area contributed by atoms with Crippen molar-refractivity contribution in [1.29, 1.82) is 0 Å². The van der Waals surface area contributed by atoms with Crippen molar-refractivity contribution in [1.82, 2.24) is 19.9 Å². The molecule has 1 unspecified atom stereocenters. The third-order valence-electron chi connectivity index (χ3n) is 4.05. The highest BCUT2D eigenvalue weighted by molar-refractivity contribution is 5.71. The second kappa shape index (κ2) is 4.05. The van der Waals surface area contributed by atoms with E-state index < -0.39 is 0 Å². The molecule has 1 aliphatic carbocycles. The Bertz CT molecular complexity index is 564.